The summed E-state index contributed by atoms with van der Waals surface area (Å²) in [7, 11) is 13.5. The number of rotatable bonds is 0. The van der Waals surface area contributed by atoms with Crippen LogP contribution in [0.2, 0.25) is 0 Å². The molecule has 6 saturated carbocycles. The molecule has 396 valence electrons. The van der Waals surface area contributed by atoms with Gasteiger partial charge in [0.15, 0.2) is 0 Å². The molecule has 1 unspecified atom stereocenters. The van der Waals surface area contributed by atoms with Gasteiger partial charge >= 0.3 is 0 Å². The molecule has 0 bridgehead atoms. The quantitative estimate of drug-likeness (QED) is 0.239. The van der Waals surface area contributed by atoms with Crippen LogP contribution in [0.3, 0.4) is 0 Å². The van der Waals surface area contributed by atoms with E-state index in [9.17, 15) is 0 Å². The molecule has 6 aliphatic carbocycles. The van der Waals surface area contributed by atoms with Crippen LogP contribution in [0, 0.1) is 68.0 Å². The molecule has 6 spiro atoms. The molecule has 6 heteroatoms. The number of likely N-dealkylation sites (tertiary alicyclic amines) is 6. The zero-order valence-corrected chi connectivity index (χ0v) is 48.0. The maximum atomic E-state index is 2.51. The van der Waals surface area contributed by atoms with E-state index in [1.165, 1.54) is 245 Å². The first-order valence-corrected chi connectivity index (χ1v) is 30.3. The molecule has 0 aromatic rings. The van der Waals surface area contributed by atoms with Crippen LogP contribution in [0.15, 0.2) is 0 Å². The Balaban J connectivity index is 0.000000121. The minimum absolute atomic E-state index is 0.751. The Bertz CT molecular complexity index is 1320. The molecule has 12 aliphatic rings. The summed E-state index contributed by atoms with van der Waals surface area (Å²) in [6, 6.07) is 0. The van der Waals surface area contributed by atoms with Crippen LogP contribution in [0.5, 0.6) is 0 Å². The fourth-order valence-corrected chi connectivity index (χ4v) is 17.4. The third-order valence-electron chi connectivity index (χ3n) is 22.3. The van der Waals surface area contributed by atoms with Crippen molar-refractivity contribution in [1.82, 2.24) is 29.4 Å². The van der Waals surface area contributed by atoms with Crippen LogP contribution in [-0.4, -0.2) is 150 Å². The minimum Gasteiger partial charge on any atom is -0.306 e. The van der Waals surface area contributed by atoms with Gasteiger partial charge < -0.3 is 29.4 Å². The molecule has 0 N–H and O–H groups in total. The molecule has 6 nitrogen and oxygen atoms in total. The smallest absolute Gasteiger partial charge is 0.00476 e. The van der Waals surface area contributed by atoms with Crippen LogP contribution < -0.4 is 0 Å². The lowest BCUT2D eigenvalue weighted by molar-refractivity contribution is -0.0758. The molecular weight excluding hydrogens is 829 g/mol. The van der Waals surface area contributed by atoms with Gasteiger partial charge in [0.2, 0.25) is 0 Å². The topological polar surface area (TPSA) is 19.4 Å². The highest BCUT2D eigenvalue weighted by molar-refractivity contribution is 5.02. The number of piperidine rings is 3. The van der Waals surface area contributed by atoms with Crippen LogP contribution in [0.1, 0.15) is 208 Å². The molecule has 68 heavy (non-hydrogen) atoms. The average Bonchev–Trinajstić information content (AvgIpc) is 3.84. The van der Waals surface area contributed by atoms with Gasteiger partial charge in [-0.2, -0.15) is 0 Å². The Morgan fingerprint density at radius 2 is 0.485 bits per heavy atom. The predicted molar refractivity (Wildman–Crippen MR) is 295 cm³/mol. The predicted octanol–water partition coefficient (Wildman–Crippen LogP) is 13.5. The van der Waals surface area contributed by atoms with Crippen molar-refractivity contribution in [3.8, 4) is 0 Å². The van der Waals surface area contributed by atoms with Crippen LogP contribution >= 0.6 is 0 Å². The van der Waals surface area contributed by atoms with E-state index in [1.807, 2.05) is 0 Å². The standard InChI is InChI=1S/C12H23N.2C11H21N.2C10H19N.C8H15N/c1-11-3-5-12(6-4-11)7-9-13(2)10-8-12;1-10-3-5-11(6-4-10)7-8-12(2)9-11;1-10-3-4-11(9-10)5-7-12(2)8-6-11;1-9-7-10(8-9)3-5-11(2)6-4-10;1-9-3-5-10(6-4-9)7-11(2)8-10;1-7-3-8(4-7)5-9(2)6-8/h11H,3-10H2,1-2H3;2*10H,3-9H2,1-2H3;2*9H,3-8H2,1-2H3;7H,3-6H2,1-2H3. The van der Waals surface area contributed by atoms with Crippen molar-refractivity contribution >= 4 is 0 Å². The summed E-state index contributed by atoms with van der Waals surface area (Å²) in [6.07, 6.45) is 38.7. The fraction of sp³-hybridized carbons (Fsp3) is 1.00. The summed E-state index contributed by atoms with van der Waals surface area (Å²) in [5.41, 5.74) is 4.72. The zero-order valence-electron chi connectivity index (χ0n) is 48.0. The lowest BCUT2D eigenvalue weighted by Gasteiger charge is -2.57. The Hall–Kier alpha value is -0.240. The summed E-state index contributed by atoms with van der Waals surface area (Å²) in [5.74, 6) is 6.07. The third kappa shape index (κ3) is 15.4. The summed E-state index contributed by atoms with van der Waals surface area (Å²) in [6.45, 7) is 30.7. The minimum atomic E-state index is 0.751. The maximum absolute atomic E-state index is 2.51. The van der Waals surface area contributed by atoms with E-state index < -0.39 is 0 Å². The van der Waals surface area contributed by atoms with E-state index in [2.05, 4.69) is 113 Å². The molecule has 6 aliphatic heterocycles. The first kappa shape index (κ1) is 55.5. The SMILES string of the molecule is CC1CC2(C1)CN(C)C2.CC1CC2(CCN(C)CC2)C1.CC1CCC2(CC1)CCN(C)C2.CC1CCC2(CC1)CCN(C)CC2.CC1CCC2(CC1)CN(C)C2.CC1CCC2(CCN(C)CC2)C1. The van der Waals surface area contributed by atoms with Crippen LogP contribution in [-0.2, 0) is 0 Å². The van der Waals surface area contributed by atoms with Gasteiger partial charge in [0, 0.05) is 32.7 Å². The molecule has 6 heterocycles. The average molecular weight is 948 g/mol. The number of hydrogen-bond acceptors (Lipinski definition) is 6. The van der Waals surface area contributed by atoms with E-state index in [0.717, 1.165) is 68.0 Å². The van der Waals surface area contributed by atoms with Crippen molar-refractivity contribution < 1.29 is 0 Å². The van der Waals surface area contributed by atoms with E-state index in [1.54, 1.807) is 0 Å². The maximum Gasteiger partial charge on any atom is 0.00476 e. The van der Waals surface area contributed by atoms with Gasteiger partial charge in [-0.05, 0) is 278 Å². The van der Waals surface area contributed by atoms with Crippen molar-refractivity contribution in [2.24, 2.45) is 68.0 Å². The van der Waals surface area contributed by atoms with E-state index in [0.29, 0.717) is 0 Å². The molecule has 6 saturated heterocycles. The highest BCUT2D eigenvalue weighted by Crippen LogP contribution is 2.53. The van der Waals surface area contributed by atoms with Crippen molar-refractivity contribution in [2.75, 3.05) is 121 Å². The van der Waals surface area contributed by atoms with Gasteiger partial charge in [-0.25, -0.2) is 0 Å². The second-order valence-electron chi connectivity index (χ2n) is 29.7. The Morgan fingerprint density at radius 1 is 0.221 bits per heavy atom. The van der Waals surface area contributed by atoms with E-state index >= 15 is 0 Å². The summed E-state index contributed by atoms with van der Waals surface area (Å²) >= 11 is 0. The lowest BCUT2D eigenvalue weighted by atomic mass is 9.58. The molecule has 0 amide bonds. The lowest BCUT2D eigenvalue weighted by Crippen LogP contribution is -2.60. The molecule has 1 atom stereocenters. The zero-order chi connectivity index (χ0) is 48.8. The summed E-state index contributed by atoms with van der Waals surface area (Å²) < 4.78 is 0. The molecule has 0 aromatic heterocycles. The van der Waals surface area contributed by atoms with Crippen molar-refractivity contribution in [3.63, 3.8) is 0 Å². The van der Waals surface area contributed by atoms with Gasteiger partial charge in [0.25, 0.3) is 0 Å². The van der Waals surface area contributed by atoms with Crippen LogP contribution in [0.4, 0.5) is 0 Å². The fourth-order valence-electron chi connectivity index (χ4n) is 17.4. The third-order valence-corrected chi connectivity index (χ3v) is 22.3. The molecule has 0 radical (unpaired) electrons. The Labute approximate surface area is 425 Å². The largest absolute Gasteiger partial charge is 0.306 e. The van der Waals surface area contributed by atoms with E-state index in [4.69, 9.17) is 0 Å². The van der Waals surface area contributed by atoms with Gasteiger partial charge in [-0.1, -0.05) is 86.5 Å². The van der Waals surface area contributed by atoms with Gasteiger partial charge in [0.05, 0.1) is 0 Å². The normalized spacial score (nSPS) is 35.9. The van der Waals surface area contributed by atoms with Gasteiger partial charge in [0.1, 0.15) is 0 Å². The summed E-state index contributed by atoms with van der Waals surface area (Å²) in [4.78, 5) is 14.8. The van der Waals surface area contributed by atoms with Crippen molar-refractivity contribution in [1.29, 1.82) is 0 Å². The van der Waals surface area contributed by atoms with Crippen LogP contribution in [0.25, 0.3) is 0 Å². The van der Waals surface area contributed by atoms with Gasteiger partial charge in [-0.3, -0.25) is 0 Å². The van der Waals surface area contributed by atoms with Crippen molar-refractivity contribution in [3.05, 3.63) is 0 Å². The van der Waals surface area contributed by atoms with Gasteiger partial charge in [-0.15, -0.1) is 0 Å². The number of nitrogens with zero attached hydrogens (tertiary/aromatic N) is 6. The molecule has 12 fully saturated rings. The molecule has 12 rings (SSSR count). The van der Waals surface area contributed by atoms with Crippen molar-refractivity contribution in [2.45, 2.75) is 208 Å². The highest BCUT2D eigenvalue weighted by atomic mass is 15.2. The number of hydrogen-bond donors (Lipinski definition) is 0. The summed E-state index contributed by atoms with van der Waals surface area (Å²) in [5, 5.41) is 0. The highest BCUT2D eigenvalue weighted by Gasteiger charge is 2.49. The monoisotopic (exact) mass is 947 g/mol. The Kier molecular flexibility index (Phi) is 19.6. The Morgan fingerprint density at radius 3 is 0.838 bits per heavy atom. The second kappa shape index (κ2) is 24.0. The molecular formula is C62H118N6. The first-order chi connectivity index (χ1) is 32.2. The van der Waals surface area contributed by atoms with E-state index in [-0.39, 0.29) is 0 Å². The second-order valence-corrected chi connectivity index (χ2v) is 29.7. The first-order valence-electron chi connectivity index (χ1n) is 30.3. The molecule has 0 aromatic carbocycles.